The molecule has 0 bridgehead atoms. The average Bonchev–Trinajstić information content (AvgIpc) is 3.49. The molecule has 46 heavy (non-hydrogen) atoms. The lowest BCUT2D eigenvalue weighted by molar-refractivity contribution is 0.669. The molecule has 0 unspecified atom stereocenters. The summed E-state index contributed by atoms with van der Waals surface area (Å²) in [6.07, 6.45) is 0. The van der Waals surface area contributed by atoms with Gasteiger partial charge in [0.1, 0.15) is 11.2 Å². The summed E-state index contributed by atoms with van der Waals surface area (Å²) in [5.74, 6) is 0. The molecule has 1 heterocycles. The SMILES string of the molecule is c1ccc2cc(-c3ccc(N(c4ccc5c(c4)oc4ccccc45)c4cc5cccc6ccc7cccc4c7c65)cc3)ccc2c1. The van der Waals surface area contributed by atoms with Gasteiger partial charge in [-0.05, 0) is 91.3 Å². The van der Waals surface area contributed by atoms with Gasteiger partial charge in [0.2, 0.25) is 0 Å². The van der Waals surface area contributed by atoms with Gasteiger partial charge in [-0.2, -0.15) is 0 Å². The number of nitrogens with zero attached hydrogens (tertiary/aromatic N) is 1. The lowest BCUT2D eigenvalue weighted by Crippen LogP contribution is -2.10. The minimum absolute atomic E-state index is 0.883. The zero-order valence-electron chi connectivity index (χ0n) is 24.9. The molecule has 0 aliphatic rings. The van der Waals surface area contributed by atoms with Crippen LogP contribution in [0, 0.1) is 0 Å². The van der Waals surface area contributed by atoms with Crippen LogP contribution < -0.4 is 4.90 Å². The van der Waals surface area contributed by atoms with E-state index in [1.54, 1.807) is 0 Å². The molecule has 0 saturated carbocycles. The number of para-hydroxylation sites is 1. The maximum Gasteiger partial charge on any atom is 0.137 e. The quantitative estimate of drug-likeness (QED) is 0.191. The van der Waals surface area contributed by atoms with Crippen LogP contribution in [0.4, 0.5) is 17.1 Å². The van der Waals surface area contributed by atoms with Crippen molar-refractivity contribution < 1.29 is 4.42 Å². The molecule has 0 aliphatic heterocycles. The van der Waals surface area contributed by atoms with Gasteiger partial charge in [-0.15, -0.1) is 0 Å². The van der Waals surface area contributed by atoms with E-state index >= 15 is 0 Å². The minimum Gasteiger partial charge on any atom is -0.456 e. The Morgan fingerprint density at radius 2 is 0.978 bits per heavy atom. The Bertz CT molecular complexity index is 2750. The largest absolute Gasteiger partial charge is 0.456 e. The van der Waals surface area contributed by atoms with Crippen LogP contribution in [0.2, 0.25) is 0 Å². The van der Waals surface area contributed by atoms with Gasteiger partial charge in [0.05, 0.1) is 5.69 Å². The minimum atomic E-state index is 0.883. The van der Waals surface area contributed by atoms with E-state index in [0.717, 1.165) is 39.0 Å². The highest BCUT2D eigenvalue weighted by Gasteiger charge is 2.20. The summed E-state index contributed by atoms with van der Waals surface area (Å²) in [5.41, 5.74) is 7.48. The van der Waals surface area contributed by atoms with Crippen molar-refractivity contribution in [3.63, 3.8) is 0 Å². The number of rotatable bonds is 4. The fourth-order valence-corrected chi connectivity index (χ4v) is 7.38. The van der Waals surface area contributed by atoms with Crippen molar-refractivity contribution >= 4 is 82.1 Å². The van der Waals surface area contributed by atoms with E-state index in [1.807, 2.05) is 12.1 Å². The van der Waals surface area contributed by atoms with Crippen molar-refractivity contribution in [3.05, 3.63) is 164 Å². The number of fused-ring (bicyclic) bond motifs is 4. The number of furan rings is 1. The van der Waals surface area contributed by atoms with E-state index in [2.05, 4.69) is 157 Å². The van der Waals surface area contributed by atoms with Crippen molar-refractivity contribution in [1.82, 2.24) is 0 Å². The molecule has 0 radical (unpaired) electrons. The van der Waals surface area contributed by atoms with Crippen LogP contribution in [0.5, 0.6) is 0 Å². The maximum absolute atomic E-state index is 6.39. The van der Waals surface area contributed by atoms with Gasteiger partial charge in [-0.3, -0.25) is 0 Å². The van der Waals surface area contributed by atoms with Crippen molar-refractivity contribution in [2.24, 2.45) is 0 Å². The summed E-state index contributed by atoms with van der Waals surface area (Å²) in [7, 11) is 0. The second-order valence-electron chi connectivity index (χ2n) is 12.2. The molecule has 2 nitrogen and oxygen atoms in total. The van der Waals surface area contributed by atoms with Gasteiger partial charge in [0.15, 0.2) is 0 Å². The first-order valence-corrected chi connectivity index (χ1v) is 15.8. The summed E-state index contributed by atoms with van der Waals surface area (Å²) in [6, 6.07) is 59.2. The predicted molar refractivity (Wildman–Crippen MR) is 195 cm³/mol. The van der Waals surface area contributed by atoms with Crippen LogP contribution in [0.25, 0.3) is 76.2 Å². The number of hydrogen-bond acceptors (Lipinski definition) is 2. The van der Waals surface area contributed by atoms with E-state index in [0.29, 0.717) is 0 Å². The molecular weight excluding hydrogens is 558 g/mol. The fourth-order valence-electron chi connectivity index (χ4n) is 7.38. The van der Waals surface area contributed by atoms with E-state index in [-0.39, 0.29) is 0 Å². The number of benzene rings is 9. The molecule has 0 atom stereocenters. The first-order chi connectivity index (χ1) is 22.8. The third kappa shape index (κ3) is 3.77. The average molecular weight is 586 g/mol. The summed E-state index contributed by atoms with van der Waals surface area (Å²) < 4.78 is 6.39. The van der Waals surface area contributed by atoms with Gasteiger partial charge in [0, 0.05) is 33.6 Å². The van der Waals surface area contributed by atoms with Crippen LogP contribution >= 0.6 is 0 Å². The summed E-state index contributed by atoms with van der Waals surface area (Å²) in [4.78, 5) is 2.39. The molecule has 0 N–H and O–H groups in total. The van der Waals surface area contributed by atoms with E-state index in [1.165, 1.54) is 54.2 Å². The van der Waals surface area contributed by atoms with E-state index < -0.39 is 0 Å². The standard InChI is InChI=1S/C44H27NO/c1-2-8-32-25-33(18-15-28(32)7-1)29-19-21-35(22-20-29)45(36-23-24-38-37-12-3-4-14-41(37)46-42(38)27-36)40-26-34-11-5-9-30-16-17-31-10-6-13-39(40)44(31)43(30)34/h1-27H. The Kier molecular flexibility index (Phi) is 5.31. The monoisotopic (exact) mass is 585 g/mol. The van der Waals surface area contributed by atoms with Crippen molar-refractivity contribution in [2.75, 3.05) is 4.90 Å². The van der Waals surface area contributed by atoms with Gasteiger partial charge < -0.3 is 9.32 Å². The molecule has 0 amide bonds. The highest BCUT2D eigenvalue weighted by molar-refractivity contribution is 6.26. The second kappa shape index (κ2) is 9.69. The Balaban J connectivity index is 1.21. The van der Waals surface area contributed by atoms with E-state index in [9.17, 15) is 0 Å². The topological polar surface area (TPSA) is 16.4 Å². The molecule has 0 spiro atoms. The molecule has 9 aromatic carbocycles. The zero-order chi connectivity index (χ0) is 30.2. The van der Waals surface area contributed by atoms with Crippen molar-refractivity contribution in [1.29, 1.82) is 0 Å². The molecular formula is C44H27NO. The van der Waals surface area contributed by atoms with Gasteiger partial charge in [0.25, 0.3) is 0 Å². The number of anilines is 3. The normalized spacial score (nSPS) is 11.9. The highest BCUT2D eigenvalue weighted by atomic mass is 16.3. The molecule has 10 aromatic rings. The lowest BCUT2D eigenvalue weighted by atomic mass is 9.92. The first kappa shape index (κ1) is 25.2. The molecule has 0 aliphatic carbocycles. The van der Waals surface area contributed by atoms with Gasteiger partial charge >= 0.3 is 0 Å². The van der Waals surface area contributed by atoms with E-state index in [4.69, 9.17) is 4.42 Å². The Morgan fingerprint density at radius 1 is 0.348 bits per heavy atom. The maximum atomic E-state index is 6.39. The molecule has 0 saturated heterocycles. The fraction of sp³-hybridized carbons (Fsp3) is 0. The second-order valence-corrected chi connectivity index (χ2v) is 12.2. The molecule has 0 fully saturated rings. The summed E-state index contributed by atoms with van der Waals surface area (Å²) >= 11 is 0. The third-order valence-electron chi connectivity index (χ3n) is 9.56. The molecule has 1 aromatic heterocycles. The van der Waals surface area contributed by atoms with Crippen LogP contribution in [0.15, 0.2) is 168 Å². The molecule has 10 rings (SSSR count). The smallest absolute Gasteiger partial charge is 0.137 e. The Hall–Kier alpha value is -6.12. The number of hydrogen-bond donors (Lipinski definition) is 0. The van der Waals surface area contributed by atoms with Crippen LogP contribution in [0.3, 0.4) is 0 Å². The van der Waals surface area contributed by atoms with Gasteiger partial charge in [-0.1, -0.05) is 115 Å². The summed E-state index contributed by atoms with van der Waals surface area (Å²) in [6.45, 7) is 0. The van der Waals surface area contributed by atoms with Crippen LogP contribution in [0.1, 0.15) is 0 Å². The van der Waals surface area contributed by atoms with Crippen LogP contribution in [-0.4, -0.2) is 0 Å². The van der Waals surface area contributed by atoms with Crippen molar-refractivity contribution in [2.45, 2.75) is 0 Å². The highest BCUT2D eigenvalue weighted by Crippen LogP contribution is 2.46. The van der Waals surface area contributed by atoms with Crippen LogP contribution in [-0.2, 0) is 0 Å². The zero-order valence-corrected chi connectivity index (χ0v) is 24.9. The first-order valence-electron chi connectivity index (χ1n) is 15.8. The van der Waals surface area contributed by atoms with Gasteiger partial charge in [-0.25, -0.2) is 0 Å². The molecule has 2 heteroatoms. The van der Waals surface area contributed by atoms with Crippen molar-refractivity contribution in [3.8, 4) is 11.1 Å². The molecule has 214 valence electrons. The Morgan fingerprint density at radius 3 is 1.87 bits per heavy atom. The lowest BCUT2D eigenvalue weighted by Gasteiger charge is -2.28. The summed E-state index contributed by atoms with van der Waals surface area (Å²) in [5, 5.41) is 12.4. The third-order valence-corrected chi connectivity index (χ3v) is 9.56. The predicted octanol–water partition coefficient (Wildman–Crippen LogP) is 12.8. The Labute approximate surface area is 265 Å².